The molecule has 1 aliphatic rings. The van der Waals surface area contributed by atoms with Gasteiger partial charge in [-0.3, -0.25) is 0 Å². The summed E-state index contributed by atoms with van der Waals surface area (Å²) < 4.78 is 0. The molecule has 0 aromatic heterocycles. The number of piperidine rings is 1. The number of nitrogens with zero attached hydrogens (tertiary/aromatic N) is 1. The van der Waals surface area contributed by atoms with Gasteiger partial charge in [-0.2, -0.15) is 0 Å². The summed E-state index contributed by atoms with van der Waals surface area (Å²) in [4.78, 5) is 2.56. The molecule has 1 fully saturated rings. The van der Waals surface area contributed by atoms with E-state index in [1.54, 1.807) is 0 Å². The Labute approximate surface area is 95.4 Å². The normalized spacial score (nSPS) is 30.8. The van der Waals surface area contributed by atoms with Gasteiger partial charge in [0.2, 0.25) is 0 Å². The van der Waals surface area contributed by atoms with Crippen molar-refractivity contribution in [2.45, 2.75) is 53.1 Å². The van der Waals surface area contributed by atoms with Gasteiger partial charge in [0.25, 0.3) is 0 Å². The number of likely N-dealkylation sites (tertiary alicyclic amines) is 1. The second-order valence-electron chi connectivity index (χ2n) is 5.47. The lowest BCUT2D eigenvalue weighted by molar-refractivity contribution is 0.142. The standard InChI is InChI=1S/C13H28N2/c1-6-15-8-7-13(11(4)9-15)14-12(5)10(2)3/h10-14H,6-9H2,1-5H3. The second-order valence-corrected chi connectivity index (χ2v) is 5.47. The summed E-state index contributed by atoms with van der Waals surface area (Å²) in [5, 5.41) is 3.79. The topological polar surface area (TPSA) is 15.3 Å². The average Bonchev–Trinajstić information content (AvgIpc) is 2.20. The average molecular weight is 212 g/mol. The molecule has 0 aliphatic carbocycles. The van der Waals surface area contributed by atoms with Gasteiger partial charge in [-0.15, -0.1) is 0 Å². The molecule has 1 saturated heterocycles. The predicted octanol–water partition coefficient (Wildman–Crippen LogP) is 2.35. The quantitative estimate of drug-likeness (QED) is 0.769. The summed E-state index contributed by atoms with van der Waals surface area (Å²) >= 11 is 0. The maximum absolute atomic E-state index is 3.79. The van der Waals surface area contributed by atoms with E-state index >= 15 is 0 Å². The van der Waals surface area contributed by atoms with Gasteiger partial charge in [-0.1, -0.05) is 27.7 Å². The molecule has 0 amide bonds. The van der Waals surface area contributed by atoms with Gasteiger partial charge in [-0.25, -0.2) is 0 Å². The molecule has 0 radical (unpaired) electrons. The van der Waals surface area contributed by atoms with Gasteiger partial charge in [0.05, 0.1) is 0 Å². The Morgan fingerprint density at radius 3 is 2.47 bits per heavy atom. The van der Waals surface area contributed by atoms with Gasteiger partial charge in [-0.05, 0) is 38.3 Å². The van der Waals surface area contributed by atoms with Crippen LogP contribution in [0.2, 0.25) is 0 Å². The molecule has 90 valence electrons. The minimum atomic E-state index is 0.644. The Balaban J connectivity index is 2.37. The van der Waals surface area contributed by atoms with Gasteiger partial charge in [0, 0.05) is 18.6 Å². The summed E-state index contributed by atoms with van der Waals surface area (Å²) in [5.41, 5.74) is 0. The van der Waals surface area contributed by atoms with Crippen molar-refractivity contribution in [3.63, 3.8) is 0 Å². The van der Waals surface area contributed by atoms with Crippen molar-refractivity contribution in [3.05, 3.63) is 0 Å². The van der Waals surface area contributed by atoms with E-state index in [-0.39, 0.29) is 0 Å². The highest BCUT2D eigenvalue weighted by Gasteiger charge is 2.26. The van der Waals surface area contributed by atoms with Crippen LogP contribution in [0.15, 0.2) is 0 Å². The zero-order valence-corrected chi connectivity index (χ0v) is 11.1. The van der Waals surface area contributed by atoms with Crippen LogP contribution in [0, 0.1) is 11.8 Å². The van der Waals surface area contributed by atoms with Gasteiger partial charge in [0.15, 0.2) is 0 Å². The monoisotopic (exact) mass is 212 g/mol. The van der Waals surface area contributed by atoms with Crippen LogP contribution in [0.25, 0.3) is 0 Å². The predicted molar refractivity (Wildman–Crippen MR) is 67.1 cm³/mol. The van der Waals surface area contributed by atoms with Crippen molar-refractivity contribution < 1.29 is 0 Å². The van der Waals surface area contributed by atoms with E-state index in [4.69, 9.17) is 0 Å². The molecular formula is C13H28N2. The largest absolute Gasteiger partial charge is 0.311 e. The molecule has 0 bridgehead atoms. The smallest absolute Gasteiger partial charge is 0.0120 e. The minimum Gasteiger partial charge on any atom is -0.311 e. The molecule has 0 aromatic carbocycles. The zero-order chi connectivity index (χ0) is 11.4. The van der Waals surface area contributed by atoms with Crippen LogP contribution in [0.4, 0.5) is 0 Å². The summed E-state index contributed by atoms with van der Waals surface area (Å²) in [6.45, 7) is 15.3. The fraction of sp³-hybridized carbons (Fsp3) is 1.00. The first-order chi connectivity index (χ1) is 7.04. The van der Waals surface area contributed by atoms with E-state index in [0.717, 1.165) is 17.9 Å². The molecule has 3 atom stereocenters. The molecule has 2 nitrogen and oxygen atoms in total. The van der Waals surface area contributed by atoms with E-state index in [2.05, 4.69) is 44.8 Å². The van der Waals surface area contributed by atoms with Gasteiger partial charge in [0.1, 0.15) is 0 Å². The maximum Gasteiger partial charge on any atom is 0.0120 e. The number of hydrogen-bond acceptors (Lipinski definition) is 2. The van der Waals surface area contributed by atoms with E-state index in [1.165, 1.54) is 26.1 Å². The molecule has 3 unspecified atom stereocenters. The fourth-order valence-corrected chi connectivity index (χ4v) is 2.30. The molecule has 1 aliphatic heterocycles. The van der Waals surface area contributed by atoms with Crippen LogP contribution < -0.4 is 5.32 Å². The van der Waals surface area contributed by atoms with Crippen LogP contribution in [0.3, 0.4) is 0 Å². The Hall–Kier alpha value is -0.0800. The van der Waals surface area contributed by atoms with Crippen LogP contribution in [0.1, 0.15) is 41.0 Å². The maximum atomic E-state index is 3.79. The molecule has 15 heavy (non-hydrogen) atoms. The van der Waals surface area contributed by atoms with Crippen molar-refractivity contribution in [2.24, 2.45) is 11.8 Å². The Bertz CT molecular complexity index is 179. The Morgan fingerprint density at radius 2 is 2.00 bits per heavy atom. The van der Waals surface area contributed by atoms with Crippen molar-refractivity contribution in [2.75, 3.05) is 19.6 Å². The van der Waals surface area contributed by atoms with E-state index in [0.29, 0.717) is 6.04 Å². The first kappa shape index (κ1) is 13.0. The SMILES string of the molecule is CCN1CCC(NC(C)C(C)C)C(C)C1. The number of nitrogens with one attached hydrogen (secondary N) is 1. The molecule has 1 heterocycles. The van der Waals surface area contributed by atoms with Crippen LogP contribution in [-0.2, 0) is 0 Å². The first-order valence-corrected chi connectivity index (χ1v) is 6.53. The summed E-state index contributed by atoms with van der Waals surface area (Å²) in [6.07, 6.45) is 1.31. The third-order valence-corrected chi connectivity index (χ3v) is 3.91. The van der Waals surface area contributed by atoms with E-state index < -0.39 is 0 Å². The third-order valence-electron chi connectivity index (χ3n) is 3.91. The highest BCUT2D eigenvalue weighted by molar-refractivity contribution is 4.84. The van der Waals surface area contributed by atoms with Gasteiger partial charge >= 0.3 is 0 Å². The summed E-state index contributed by atoms with van der Waals surface area (Å²) in [7, 11) is 0. The molecule has 0 spiro atoms. The minimum absolute atomic E-state index is 0.644. The Kier molecular flexibility index (Phi) is 5.07. The van der Waals surface area contributed by atoms with Crippen molar-refractivity contribution in [1.82, 2.24) is 10.2 Å². The lowest BCUT2D eigenvalue weighted by atomic mass is 9.92. The van der Waals surface area contributed by atoms with E-state index in [1.807, 2.05) is 0 Å². The molecule has 0 aromatic rings. The molecule has 2 heteroatoms. The molecule has 1 N–H and O–H groups in total. The van der Waals surface area contributed by atoms with Crippen LogP contribution >= 0.6 is 0 Å². The molecule has 1 rings (SSSR count). The highest BCUT2D eigenvalue weighted by Crippen LogP contribution is 2.18. The van der Waals surface area contributed by atoms with Crippen molar-refractivity contribution in [3.8, 4) is 0 Å². The second kappa shape index (κ2) is 5.86. The van der Waals surface area contributed by atoms with Crippen molar-refractivity contribution >= 4 is 0 Å². The number of hydrogen-bond donors (Lipinski definition) is 1. The highest BCUT2D eigenvalue weighted by atomic mass is 15.1. The summed E-state index contributed by atoms with van der Waals surface area (Å²) in [5.74, 6) is 1.53. The van der Waals surface area contributed by atoms with Gasteiger partial charge < -0.3 is 10.2 Å². The van der Waals surface area contributed by atoms with Crippen LogP contribution in [-0.4, -0.2) is 36.6 Å². The van der Waals surface area contributed by atoms with Crippen LogP contribution in [0.5, 0.6) is 0 Å². The lowest BCUT2D eigenvalue weighted by Gasteiger charge is -2.38. The van der Waals surface area contributed by atoms with E-state index in [9.17, 15) is 0 Å². The summed E-state index contributed by atoms with van der Waals surface area (Å²) in [6, 6.07) is 1.37. The zero-order valence-electron chi connectivity index (χ0n) is 11.1. The Morgan fingerprint density at radius 1 is 1.33 bits per heavy atom. The fourth-order valence-electron chi connectivity index (χ4n) is 2.30. The third kappa shape index (κ3) is 3.76. The lowest BCUT2D eigenvalue weighted by Crippen LogP contribution is -2.51. The first-order valence-electron chi connectivity index (χ1n) is 6.53. The van der Waals surface area contributed by atoms with Crippen molar-refractivity contribution in [1.29, 1.82) is 0 Å². The molecule has 0 saturated carbocycles. The number of rotatable bonds is 4. The molecular weight excluding hydrogens is 184 g/mol.